The van der Waals surface area contributed by atoms with E-state index in [0.717, 1.165) is 5.56 Å². The van der Waals surface area contributed by atoms with Crippen molar-refractivity contribution >= 4 is 12.6 Å². The molecule has 1 atom stereocenters. The molecule has 5 heteroatoms. The van der Waals surface area contributed by atoms with E-state index in [1.165, 1.54) is 12.1 Å². The number of benzene rings is 2. The molecule has 0 aromatic heterocycles. The second kappa shape index (κ2) is 4.77. The van der Waals surface area contributed by atoms with Crippen LogP contribution in [0.1, 0.15) is 22.8 Å². The van der Waals surface area contributed by atoms with Crippen molar-refractivity contribution in [3.05, 3.63) is 65.0 Å². The third kappa shape index (κ3) is 2.28. The van der Waals surface area contributed by atoms with Gasteiger partial charge in [-0.05, 0) is 34.3 Å². The van der Waals surface area contributed by atoms with E-state index in [-0.39, 0.29) is 5.82 Å². The molecule has 19 heavy (non-hydrogen) atoms. The summed E-state index contributed by atoms with van der Waals surface area (Å²) in [7, 11) is -0.949. The van der Waals surface area contributed by atoms with Crippen molar-refractivity contribution in [3.8, 4) is 0 Å². The lowest BCUT2D eigenvalue weighted by Crippen LogP contribution is -2.28. The summed E-state index contributed by atoms with van der Waals surface area (Å²) < 4.78 is 18.3. The minimum absolute atomic E-state index is 0.368. The smallest absolute Gasteiger partial charge is 0.423 e. The largest absolute Gasteiger partial charge is 0.491 e. The maximum atomic E-state index is 13.2. The standard InChI is InChI=1S/C14H12BFO3/c16-12-3-1-2-9(6-12)14(17)10-4-5-11-8-19-15(18)13(11)7-10/h1-7,14,17-18H,8H2. The minimum Gasteiger partial charge on any atom is -0.423 e. The van der Waals surface area contributed by atoms with E-state index >= 15 is 0 Å². The highest BCUT2D eigenvalue weighted by molar-refractivity contribution is 6.61. The molecule has 0 fully saturated rings. The van der Waals surface area contributed by atoms with Crippen LogP contribution in [0.4, 0.5) is 4.39 Å². The Kier molecular flexibility index (Phi) is 3.10. The SMILES string of the molecule is OB1OCc2ccc(C(O)c3cccc(F)c3)cc21. The summed E-state index contributed by atoms with van der Waals surface area (Å²) in [5.41, 5.74) is 2.65. The molecule has 0 amide bonds. The van der Waals surface area contributed by atoms with Crippen molar-refractivity contribution < 1.29 is 19.2 Å². The topological polar surface area (TPSA) is 49.7 Å². The molecule has 2 N–H and O–H groups in total. The molecule has 3 rings (SSSR count). The first-order valence-electron chi connectivity index (χ1n) is 6.01. The van der Waals surface area contributed by atoms with E-state index in [1.807, 2.05) is 6.07 Å². The molecule has 2 aromatic rings. The van der Waals surface area contributed by atoms with Crippen molar-refractivity contribution in [2.45, 2.75) is 12.7 Å². The summed E-state index contributed by atoms with van der Waals surface area (Å²) in [6.45, 7) is 0.368. The van der Waals surface area contributed by atoms with Crippen molar-refractivity contribution in [3.63, 3.8) is 0 Å². The lowest BCUT2D eigenvalue weighted by molar-refractivity contribution is 0.220. The van der Waals surface area contributed by atoms with E-state index in [2.05, 4.69) is 0 Å². The summed E-state index contributed by atoms with van der Waals surface area (Å²) in [5, 5.41) is 19.9. The molecule has 2 aromatic carbocycles. The van der Waals surface area contributed by atoms with E-state index < -0.39 is 13.2 Å². The zero-order valence-electron chi connectivity index (χ0n) is 10.1. The summed E-state index contributed by atoms with van der Waals surface area (Å²) in [5.74, 6) is -0.388. The van der Waals surface area contributed by atoms with Gasteiger partial charge in [0.05, 0.1) is 6.61 Å². The third-order valence-electron chi connectivity index (χ3n) is 3.31. The van der Waals surface area contributed by atoms with Crippen LogP contribution in [0.5, 0.6) is 0 Å². The number of hydrogen-bond acceptors (Lipinski definition) is 3. The quantitative estimate of drug-likeness (QED) is 0.794. The normalized spacial score (nSPS) is 15.4. The van der Waals surface area contributed by atoms with Gasteiger partial charge in [0.2, 0.25) is 0 Å². The Morgan fingerprint density at radius 3 is 2.74 bits per heavy atom. The van der Waals surface area contributed by atoms with Gasteiger partial charge in [0.15, 0.2) is 0 Å². The van der Waals surface area contributed by atoms with Gasteiger partial charge in [0, 0.05) is 0 Å². The Morgan fingerprint density at radius 2 is 1.95 bits per heavy atom. The van der Waals surface area contributed by atoms with Crippen LogP contribution in [0.3, 0.4) is 0 Å². The maximum absolute atomic E-state index is 13.2. The maximum Gasteiger partial charge on any atom is 0.491 e. The average Bonchev–Trinajstić information content (AvgIpc) is 2.79. The number of hydrogen-bond donors (Lipinski definition) is 2. The second-order valence-electron chi connectivity index (χ2n) is 4.58. The van der Waals surface area contributed by atoms with Crippen LogP contribution < -0.4 is 5.46 Å². The van der Waals surface area contributed by atoms with Crippen LogP contribution in [0, 0.1) is 5.82 Å². The van der Waals surface area contributed by atoms with Gasteiger partial charge < -0.3 is 14.8 Å². The number of fused-ring (bicyclic) bond motifs is 1. The first-order chi connectivity index (χ1) is 9.15. The minimum atomic E-state index is -0.949. The molecular formula is C14H12BFO3. The molecule has 1 aliphatic rings. The van der Waals surface area contributed by atoms with Crippen molar-refractivity contribution in [2.75, 3.05) is 0 Å². The van der Waals surface area contributed by atoms with Gasteiger partial charge in [-0.1, -0.05) is 30.3 Å². The van der Waals surface area contributed by atoms with Gasteiger partial charge in [-0.2, -0.15) is 0 Å². The number of aliphatic hydroxyl groups excluding tert-OH is 1. The number of aliphatic hydroxyl groups is 1. The lowest BCUT2D eigenvalue weighted by Gasteiger charge is -2.13. The fraction of sp³-hybridized carbons (Fsp3) is 0.143. The number of rotatable bonds is 2. The number of halogens is 1. The van der Waals surface area contributed by atoms with Gasteiger partial charge in [-0.25, -0.2) is 4.39 Å². The second-order valence-corrected chi connectivity index (χ2v) is 4.58. The fourth-order valence-electron chi connectivity index (χ4n) is 2.27. The Labute approximate surface area is 110 Å². The molecule has 0 radical (unpaired) electrons. The highest BCUT2D eigenvalue weighted by Gasteiger charge is 2.28. The van der Waals surface area contributed by atoms with E-state index in [9.17, 15) is 14.5 Å². The fourth-order valence-corrected chi connectivity index (χ4v) is 2.27. The van der Waals surface area contributed by atoms with Gasteiger partial charge in [0.1, 0.15) is 11.9 Å². The first-order valence-corrected chi connectivity index (χ1v) is 6.01. The molecule has 96 valence electrons. The van der Waals surface area contributed by atoms with Crippen LogP contribution in [0.25, 0.3) is 0 Å². The molecule has 1 heterocycles. The third-order valence-corrected chi connectivity index (χ3v) is 3.31. The highest BCUT2D eigenvalue weighted by Crippen LogP contribution is 2.23. The van der Waals surface area contributed by atoms with Crippen LogP contribution in [0.2, 0.25) is 0 Å². The van der Waals surface area contributed by atoms with Gasteiger partial charge in [0.25, 0.3) is 0 Å². The zero-order valence-corrected chi connectivity index (χ0v) is 10.1. The summed E-state index contributed by atoms with van der Waals surface area (Å²) >= 11 is 0. The Bertz CT molecular complexity index is 617. The molecule has 3 nitrogen and oxygen atoms in total. The molecule has 0 saturated carbocycles. The van der Waals surface area contributed by atoms with Crippen molar-refractivity contribution in [2.24, 2.45) is 0 Å². The van der Waals surface area contributed by atoms with Crippen LogP contribution >= 0.6 is 0 Å². The Hall–Kier alpha value is -1.69. The van der Waals surface area contributed by atoms with Crippen LogP contribution in [0.15, 0.2) is 42.5 Å². The van der Waals surface area contributed by atoms with Gasteiger partial charge in [-0.3, -0.25) is 0 Å². The molecule has 1 unspecified atom stereocenters. The predicted molar refractivity (Wildman–Crippen MR) is 69.3 cm³/mol. The molecule has 0 spiro atoms. The molecule has 0 saturated heterocycles. The molecule has 0 aliphatic carbocycles. The van der Waals surface area contributed by atoms with Gasteiger partial charge >= 0.3 is 7.12 Å². The van der Waals surface area contributed by atoms with Gasteiger partial charge in [-0.15, -0.1) is 0 Å². The van der Waals surface area contributed by atoms with Crippen molar-refractivity contribution in [1.82, 2.24) is 0 Å². The van der Waals surface area contributed by atoms with Crippen LogP contribution in [-0.2, 0) is 11.3 Å². The van der Waals surface area contributed by atoms with Crippen molar-refractivity contribution in [1.29, 1.82) is 0 Å². The molecule has 0 bridgehead atoms. The molecular weight excluding hydrogens is 246 g/mol. The summed E-state index contributed by atoms with van der Waals surface area (Å²) in [4.78, 5) is 0. The summed E-state index contributed by atoms with van der Waals surface area (Å²) in [6, 6.07) is 11.1. The van der Waals surface area contributed by atoms with Crippen LogP contribution in [-0.4, -0.2) is 17.2 Å². The highest BCUT2D eigenvalue weighted by atomic mass is 19.1. The molecule has 1 aliphatic heterocycles. The predicted octanol–water partition coefficient (Wildman–Crippen LogP) is 1.13. The zero-order chi connectivity index (χ0) is 13.4. The summed E-state index contributed by atoms with van der Waals surface area (Å²) in [6.07, 6.45) is -0.922. The monoisotopic (exact) mass is 258 g/mol. The lowest BCUT2D eigenvalue weighted by atomic mass is 9.78. The Morgan fingerprint density at radius 1 is 1.16 bits per heavy atom. The van der Waals surface area contributed by atoms with E-state index in [1.54, 1.807) is 24.3 Å². The van der Waals surface area contributed by atoms with E-state index in [0.29, 0.717) is 23.2 Å². The first kappa shape index (κ1) is 12.4. The Balaban J connectivity index is 1.96. The van der Waals surface area contributed by atoms with E-state index in [4.69, 9.17) is 4.65 Å². The average molecular weight is 258 g/mol.